The minimum atomic E-state index is -0.833. The molecule has 1 saturated carbocycles. The van der Waals surface area contributed by atoms with E-state index in [0.29, 0.717) is 25.9 Å². The van der Waals surface area contributed by atoms with E-state index in [2.05, 4.69) is 5.32 Å². The monoisotopic (exact) mass is 296 g/mol. The van der Waals surface area contributed by atoms with Gasteiger partial charge in [-0.2, -0.15) is 0 Å². The molecule has 1 unspecified atom stereocenters. The van der Waals surface area contributed by atoms with Crippen LogP contribution in [0.15, 0.2) is 0 Å². The number of carboxylic acid groups (broad SMARTS) is 1. The van der Waals surface area contributed by atoms with Crippen molar-refractivity contribution in [2.75, 3.05) is 13.1 Å². The first-order valence-corrected chi connectivity index (χ1v) is 7.84. The molecule has 0 radical (unpaired) electrons. The van der Waals surface area contributed by atoms with Gasteiger partial charge in [-0.15, -0.1) is 0 Å². The maximum Gasteiger partial charge on any atom is 0.308 e. The summed E-state index contributed by atoms with van der Waals surface area (Å²) < 4.78 is 0. The van der Waals surface area contributed by atoms with Crippen molar-refractivity contribution < 1.29 is 19.5 Å². The molecule has 1 heterocycles. The number of likely N-dealkylation sites (tertiary alicyclic amines) is 1. The number of aliphatic carboxylic acids is 1. The fraction of sp³-hybridized carbons (Fsp3) is 0.800. The minimum Gasteiger partial charge on any atom is -0.481 e. The first-order valence-electron chi connectivity index (χ1n) is 7.84. The second kappa shape index (κ2) is 6.91. The predicted octanol–water partition coefficient (Wildman–Crippen LogP) is 1.00. The number of nitrogens with one attached hydrogen (secondary N) is 1. The van der Waals surface area contributed by atoms with Gasteiger partial charge < -0.3 is 15.3 Å². The summed E-state index contributed by atoms with van der Waals surface area (Å²) in [6.45, 7) is 2.96. The molecule has 0 bridgehead atoms. The van der Waals surface area contributed by atoms with Gasteiger partial charge in [0.25, 0.3) is 0 Å². The summed E-state index contributed by atoms with van der Waals surface area (Å²) in [6, 6.07) is -0.303. The van der Waals surface area contributed by atoms with E-state index < -0.39 is 11.9 Å². The van der Waals surface area contributed by atoms with Crippen LogP contribution in [0.2, 0.25) is 0 Å². The van der Waals surface area contributed by atoms with Crippen molar-refractivity contribution in [3.05, 3.63) is 0 Å². The van der Waals surface area contributed by atoms with Gasteiger partial charge in [0.05, 0.1) is 11.8 Å². The summed E-state index contributed by atoms with van der Waals surface area (Å²) in [4.78, 5) is 37.0. The highest BCUT2D eigenvalue weighted by molar-refractivity contribution is 5.89. The number of hydrogen-bond acceptors (Lipinski definition) is 3. The standard InChI is InChI=1S/C15H24N2O4/c1-2-17-9-10(8-13(17)18)14(19)16-12-7-5-3-4-6-11(12)15(20)21/h10-12H,2-9H2,1H3,(H,16,19)(H,20,21)/t10?,11-,12+/m1/s1. The molecule has 118 valence electrons. The molecule has 0 aromatic rings. The van der Waals surface area contributed by atoms with E-state index in [4.69, 9.17) is 0 Å². The SMILES string of the molecule is CCN1CC(C(=O)N[C@H]2CCCCC[C@H]2C(=O)O)CC1=O. The number of hydrogen-bond donors (Lipinski definition) is 2. The molecular weight excluding hydrogens is 272 g/mol. The Morgan fingerprint density at radius 3 is 2.62 bits per heavy atom. The lowest BCUT2D eigenvalue weighted by molar-refractivity contribution is -0.143. The number of nitrogens with zero attached hydrogens (tertiary/aromatic N) is 1. The average Bonchev–Trinajstić information content (AvgIpc) is 2.67. The van der Waals surface area contributed by atoms with Gasteiger partial charge in [-0.25, -0.2) is 0 Å². The van der Waals surface area contributed by atoms with E-state index >= 15 is 0 Å². The first kappa shape index (κ1) is 15.8. The molecule has 2 rings (SSSR count). The second-order valence-corrected chi connectivity index (χ2v) is 6.03. The smallest absolute Gasteiger partial charge is 0.308 e. The van der Waals surface area contributed by atoms with Gasteiger partial charge in [0.1, 0.15) is 0 Å². The van der Waals surface area contributed by atoms with Gasteiger partial charge in [0.15, 0.2) is 0 Å². The first-order chi connectivity index (χ1) is 10.0. The molecule has 1 aliphatic carbocycles. The Hall–Kier alpha value is -1.59. The van der Waals surface area contributed by atoms with Crippen LogP contribution in [0.1, 0.15) is 45.4 Å². The van der Waals surface area contributed by atoms with E-state index in [-0.39, 0.29) is 30.2 Å². The van der Waals surface area contributed by atoms with Crippen molar-refractivity contribution in [3.63, 3.8) is 0 Å². The fourth-order valence-electron chi connectivity index (χ4n) is 3.33. The second-order valence-electron chi connectivity index (χ2n) is 6.03. The Balaban J connectivity index is 1.97. The third-order valence-corrected chi connectivity index (χ3v) is 4.63. The molecule has 6 nitrogen and oxygen atoms in total. The number of rotatable bonds is 4. The number of carbonyl (C=O) groups excluding carboxylic acids is 2. The lowest BCUT2D eigenvalue weighted by Crippen LogP contribution is -2.45. The van der Waals surface area contributed by atoms with Crippen LogP contribution < -0.4 is 5.32 Å². The Kier molecular flexibility index (Phi) is 5.20. The molecule has 6 heteroatoms. The van der Waals surface area contributed by atoms with E-state index in [1.807, 2.05) is 6.92 Å². The molecule has 0 aromatic heterocycles. The summed E-state index contributed by atoms with van der Waals surface area (Å²) in [5.41, 5.74) is 0. The maximum atomic E-state index is 12.3. The van der Waals surface area contributed by atoms with E-state index in [1.54, 1.807) is 4.90 Å². The summed E-state index contributed by atoms with van der Waals surface area (Å²) in [6.07, 6.45) is 4.42. The Morgan fingerprint density at radius 2 is 2.00 bits per heavy atom. The molecule has 1 aliphatic heterocycles. The zero-order valence-electron chi connectivity index (χ0n) is 12.5. The van der Waals surface area contributed by atoms with E-state index in [0.717, 1.165) is 19.3 Å². The summed E-state index contributed by atoms with van der Waals surface area (Å²) in [5.74, 6) is -1.84. The molecule has 1 saturated heterocycles. The third kappa shape index (κ3) is 3.74. The predicted molar refractivity (Wildman–Crippen MR) is 76.5 cm³/mol. The third-order valence-electron chi connectivity index (χ3n) is 4.63. The summed E-state index contributed by atoms with van der Waals surface area (Å²) >= 11 is 0. The van der Waals surface area contributed by atoms with Crippen molar-refractivity contribution in [2.24, 2.45) is 11.8 Å². The zero-order valence-corrected chi connectivity index (χ0v) is 12.5. The van der Waals surface area contributed by atoms with Crippen LogP contribution in [0.3, 0.4) is 0 Å². The van der Waals surface area contributed by atoms with Gasteiger partial charge in [-0.1, -0.05) is 19.3 Å². The molecular formula is C15H24N2O4. The van der Waals surface area contributed by atoms with Crippen molar-refractivity contribution in [2.45, 2.75) is 51.5 Å². The lowest BCUT2D eigenvalue weighted by Gasteiger charge is -2.24. The Labute approximate surface area is 124 Å². The molecule has 0 spiro atoms. The van der Waals surface area contributed by atoms with E-state index in [9.17, 15) is 19.5 Å². The van der Waals surface area contributed by atoms with Gasteiger partial charge in [0, 0.05) is 25.6 Å². The topological polar surface area (TPSA) is 86.7 Å². The number of amides is 2. The van der Waals surface area contributed by atoms with Crippen molar-refractivity contribution in [1.82, 2.24) is 10.2 Å². The largest absolute Gasteiger partial charge is 0.481 e. The van der Waals surface area contributed by atoms with Gasteiger partial charge in [0.2, 0.25) is 11.8 Å². The average molecular weight is 296 g/mol. The number of carboxylic acids is 1. The van der Waals surface area contributed by atoms with Crippen LogP contribution in [-0.2, 0) is 14.4 Å². The Bertz CT molecular complexity index is 424. The summed E-state index contributed by atoms with van der Waals surface area (Å²) in [5, 5.41) is 12.2. The molecule has 21 heavy (non-hydrogen) atoms. The highest BCUT2D eigenvalue weighted by atomic mass is 16.4. The number of carbonyl (C=O) groups is 3. The van der Waals surface area contributed by atoms with Gasteiger partial charge >= 0.3 is 5.97 Å². The lowest BCUT2D eigenvalue weighted by atomic mass is 9.94. The van der Waals surface area contributed by atoms with Crippen molar-refractivity contribution in [1.29, 1.82) is 0 Å². The van der Waals surface area contributed by atoms with Crippen LogP contribution in [0.5, 0.6) is 0 Å². The fourth-order valence-corrected chi connectivity index (χ4v) is 3.33. The van der Waals surface area contributed by atoms with Crippen LogP contribution in [-0.4, -0.2) is 46.9 Å². The molecule has 2 aliphatic rings. The van der Waals surface area contributed by atoms with Crippen molar-refractivity contribution in [3.8, 4) is 0 Å². The highest BCUT2D eigenvalue weighted by Crippen LogP contribution is 2.25. The van der Waals surface area contributed by atoms with Crippen LogP contribution in [0.25, 0.3) is 0 Å². The molecule has 0 aromatic carbocycles. The molecule has 2 fully saturated rings. The van der Waals surface area contributed by atoms with Crippen LogP contribution in [0, 0.1) is 11.8 Å². The molecule has 3 atom stereocenters. The summed E-state index contributed by atoms with van der Waals surface area (Å²) in [7, 11) is 0. The van der Waals surface area contributed by atoms with Crippen LogP contribution >= 0.6 is 0 Å². The maximum absolute atomic E-state index is 12.3. The van der Waals surface area contributed by atoms with Gasteiger partial charge in [-0.3, -0.25) is 14.4 Å². The van der Waals surface area contributed by atoms with Crippen molar-refractivity contribution >= 4 is 17.8 Å². The molecule has 2 amide bonds. The zero-order chi connectivity index (χ0) is 15.4. The molecule has 2 N–H and O–H groups in total. The normalized spacial score (nSPS) is 30.0. The van der Waals surface area contributed by atoms with E-state index in [1.165, 1.54) is 0 Å². The van der Waals surface area contributed by atoms with Crippen LogP contribution in [0.4, 0.5) is 0 Å². The van der Waals surface area contributed by atoms with Gasteiger partial charge in [-0.05, 0) is 19.8 Å². The highest BCUT2D eigenvalue weighted by Gasteiger charge is 2.36. The minimum absolute atomic E-state index is 0.00769. The quantitative estimate of drug-likeness (QED) is 0.758. The Morgan fingerprint density at radius 1 is 1.29 bits per heavy atom.